The fraction of sp³-hybridized carbons (Fsp3) is 0.429. The minimum absolute atomic E-state index is 0.0731. The zero-order chi connectivity index (χ0) is 13.8. The summed E-state index contributed by atoms with van der Waals surface area (Å²) in [5.41, 5.74) is 1.58. The SMILES string of the molecule is CC(C)N(CCC#N)c1nc2ccccn2c1CO. The highest BCUT2D eigenvalue weighted by Crippen LogP contribution is 2.23. The van der Waals surface area contributed by atoms with Gasteiger partial charge in [-0.15, -0.1) is 0 Å². The quantitative estimate of drug-likeness (QED) is 0.890. The maximum Gasteiger partial charge on any atom is 0.153 e. The van der Waals surface area contributed by atoms with Gasteiger partial charge in [-0.2, -0.15) is 5.26 Å². The third kappa shape index (κ3) is 2.54. The molecule has 0 aliphatic rings. The van der Waals surface area contributed by atoms with Gasteiger partial charge in [0.2, 0.25) is 0 Å². The van der Waals surface area contributed by atoms with Crippen LogP contribution < -0.4 is 4.90 Å². The van der Waals surface area contributed by atoms with Crippen LogP contribution in [0, 0.1) is 11.3 Å². The van der Waals surface area contributed by atoms with Gasteiger partial charge in [-0.05, 0) is 26.0 Å². The molecule has 1 N–H and O–H groups in total. The first kappa shape index (κ1) is 13.4. The highest BCUT2D eigenvalue weighted by Gasteiger charge is 2.19. The zero-order valence-electron chi connectivity index (χ0n) is 11.2. The van der Waals surface area contributed by atoms with Gasteiger partial charge in [-0.1, -0.05) is 6.07 Å². The minimum Gasteiger partial charge on any atom is -0.390 e. The number of aromatic nitrogens is 2. The van der Waals surface area contributed by atoms with E-state index in [-0.39, 0.29) is 12.6 Å². The first-order chi connectivity index (χ1) is 9.19. The van der Waals surface area contributed by atoms with Crippen LogP contribution in [-0.4, -0.2) is 27.1 Å². The van der Waals surface area contributed by atoms with Crippen molar-refractivity contribution in [3.05, 3.63) is 30.1 Å². The second kappa shape index (κ2) is 5.72. The van der Waals surface area contributed by atoms with Gasteiger partial charge in [0.05, 0.1) is 24.8 Å². The summed E-state index contributed by atoms with van der Waals surface area (Å²) in [5.74, 6) is 0.763. The van der Waals surface area contributed by atoms with Crippen LogP contribution in [-0.2, 0) is 6.61 Å². The molecule has 2 aromatic heterocycles. The molecule has 5 heteroatoms. The van der Waals surface area contributed by atoms with Gasteiger partial charge in [0.25, 0.3) is 0 Å². The van der Waals surface area contributed by atoms with Gasteiger partial charge in [0.15, 0.2) is 5.82 Å². The average molecular weight is 258 g/mol. The highest BCUT2D eigenvalue weighted by atomic mass is 16.3. The molecule has 2 rings (SSSR count). The molecule has 0 radical (unpaired) electrons. The van der Waals surface area contributed by atoms with E-state index in [4.69, 9.17) is 5.26 Å². The summed E-state index contributed by atoms with van der Waals surface area (Å²) in [6.07, 6.45) is 2.33. The first-order valence-electron chi connectivity index (χ1n) is 6.39. The molecule has 0 amide bonds. The van der Waals surface area contributed by atoms with Crippen molar-refractivity contribution in [3.63, 3.8) is 0 Å². The number of imidazole rings is 1. The van der Waals surface area contributed by atoms with Crippen LogP contribution in [0.3, 0.4) is 0 Å². The Morgan fingerprint density at radius 2 is 2.26 bits per heavy atom. The summed E-state index contributed by atoms with van der Waals surface area (Å²) in [5, 5.41) is 18.4. The van der Waals surface area contributed by atoms with E-state index in [2.05, 4.69) is 29.8 Å². The number of rotatable bonds is 5. The number of aliphatic hydroxyl groups excluding tert-OH is 1. The molecule has 0 aliphatic heterocycles. The van der Waals surface area contributed by atoms with Gasteiger partial charge >= 0.3 is 0 Å². The lowest BCUT2D eigenvalue weighted by Crippen LogP contribution is -2.32. The van der Waals surface area contributed by atoms with Crippen LogP contribution in [0.25, 0.3) is 5.65 Å². The molecule has 2 heterocycles. The maximum atomic E-state index is 9.61. The van der Waals surface area contributed by atoms with E-state index in [1.54, 1.807) is 0 Å². The molecule has 0 spiro atoms. The van der Waals surface area contributed by atoms with Crippen molar-refractivity contribution in [2.75, 3.05) is 11.4 Å². The number of aliphatic hydroxyl groups is 1. The number of anilines is 1. The van der Waals surface area contributed by atoms with Gasteiger partial charge in [-0.25, -0.2) is 4.98 Å². The summed E-state index contributed by atoms with van der Waals surface area (Å²) >= 11 is 0. The molecule has 0 saturated heterocycles. The molecule has 100 valence electrons. The van der Waals surface area contributed by atoms with Crippen LogP contribution >= 0.6 is 0 Å². The van der Waals surface area contributed by atoms with E-state index >= 15 is 0 Å². The summed E-state index contributed by atoms with van der Waals surface area (Å²) in [7, 11) is 0. The van der Waals surface area contributed by atoms with Crippen molar-refractivity contribution < 1.29 is 5.11 Å². The molecule has 0 unspecified atom stereocenters. The molecule has 5 nitrogen and oxygen atoms in total. The largest absolute Gasteiger partial charge is 0.390 e. The monoisotopic (exact) mass is 258 g/mol. The van der Waals surface area contributed by atoms with E-state index in [1.807, 2.05) is 28.8 Å². The van der Waals surface area contributed by atoms with E-state index in [0.29, 0.717) is 13.0 Å². The van der Waals surface area contributed by atoms with E-state index in [1.165, 1.54) is 0 Å². The second-order valence-electron chi connectivity index (χ2n) is 4.66. The summed E-state index contributed by atoms with van der Waals surface area (Å²) in [6, 6.07) is 8.12. The standard InChI is InChI=1S/C14H18N4O/c1-11(2)17(9-5-7-15)14-12(10-19)18-8-4-3-6-13(18)16-14/h3-4,6,8,11,19H,5,9-10H2,1-2H3. The van der Waals surface area contributed by atoms with Crippen LogP contribution in [0.1, 0.15) is 26.0 Å². The number of pyridine rings is 1. The van der Waals surface area contributed by atoms with Crippen molar-refractivity contribution in [2.45, 2.75) is 32.9 Å². The Labute approximate surface area is 112 Å². The lowest BCUT2D eigenvalue weighted by Gasteiger charge is -2.26. The molecule has 0 fully saturated rings. The summed E-state index contributed by atoms with van der Waals surface area (Å²) in [6.45, 7) is 4.66. The van der Waals surface area contributed by atoms with Crippen LogP contribution in [0.2, 0.25) is 0 Å². The Balaban J connectivity index is 2.49. The number of hydrogen-bond acceptors (Lipinski definition) is 4. The molecule has 0 atom stereocenters. The zero-order valence-corrected chi connectivity index (χ0v) is 11.2. The normalized spacial score (nSPS) is 10.9. The number of hydrogen-bond donors (Lipinski definition) is 1. The number of fused-ring (bicyclic) bond motifs is 1. The Kier molecular flexibility index (Phi) is 4.03. The molecule has 0 aliphatic carbocycles. The second-order valence-corrected chi connectivity index (χ2v) is 4.66. The smallest absolute Gasteiger partial charge is 0.153 e. The molecule has 2 aromatic rings. The molecule has 0 bridgehead atoms. The van der Waals surface area contributed by atoms with Crippen molar-refractivity contribution >= 4 is 11.5 Å². The lowest BCUT2D eigenvalue weighted by molar-refractivity contribution is 0.276. The van der Waals surface area contributed by atoms with Crippen LogP contribution in [0.5, 0.6) is 0 Å². The van der Waals surface area contributed by atoms with Gasteiger partial charge in [0.1, 0.15) is 5.65 Å². The van der Waals surface area contributed by atoms with Crippen LogP contribution in [0.4, 0.5) is 5.82 Å². The highest BCUT2D eigenvalue weighted by molar-refractivity contribution is 5.56. The van der Waals surface area contributed by atoms with Gasteiger partial charge in [0, 0.05) is 18.8 Å². The summed E-state index contributed by atoms with van der Waals surface area (Å²) < 4.78 is 1.89. The van der Waals surface area contributed by atoms with Crippen molar-refractivity contribution in [3.8, 4) is 6.07 Å². The minimum atomic E-state index is -0.0731. The Morgan fingerprint density at radius 1 is 1.47 bits per heavy atom. The maximum absolute atomic E-state index is 9.61. The molecule has 0 saturated carbocycles. The van der Waals surface area contributed by atoms with E-state index in [9.17, 15) is 5.11 Å². The van der Waals surface area contributed by atoms with E-state index in [0.717, 1.165) is 17.2 Å². The van der Waals surface area contributed by atoms with Crippen molar-refractivity contribution in [2.24, 2.45) is 0 Å². The number of nitriles is 1. The predicted octanol–water partition coefficient (Wildman–Crippen LogP) is 1.96. The topological polar surface area (TPSA) is 64.6 Å². The van der Waals surface area contributed by atoms with Crippen LogP contribution in [0.15, 0.2) is 24.4 Å². The molecular formula is C14H18N4O. The Morgan fingerprint density at radius 3 is 2.89 bits per heavy atom. The van der Waals surface area contributed by atoms with Crippen molar-refractivity contribution in [1.82, 2.24) is 9.38 Å². The fourth-order valence-corrected chi connectivity index (χ4v) is 2.19. The average Bonchev–Trinajstić information content (AvgIpc) is 2.77. The molecular weight excluding hydrogens is 240 g/mol. The predicted molar refractivity (Wildman–Crippen MR) is 73.8 cm³/mol. The fourth-order valence-electron chi connectivity index (χ4n) is 2.19. The molecule has 0 aromatic carbocycles. The van der Waals surface area contributed by atoms with E-state index < -0.39 is 0 Å². The molecule has 19 heavy (non-hydrogen) atoms. The van der Waals surface area contributed by atoms with Crippen molar-refractivity contribution in [1.29, 1.82) is 5.26 Å². The summed E-state index contributed by atoms with van der Waals surface area (Å²) in [4.78, 5) is 6.63. The Hall–Kier alpha value is -2.06. The lowest BCUT2D eigenvalue weighted by atomic mass is 10.2. The number of nitrogens with zero attached hydrogens (tertiary/aromatic N) is 4. The third-order valence-electron chi connectivity index (χ3n) is 3.12. The Bertz CT molecular complexity index is 597. The van der Waals surface area contributed by atoms with Gasteiger partial charge < -0.3 is 10.0 Å². The van der Waals surface area contributed by atoms with Gasteiger partial charge in [-0.3, -0.25) is 4.40 Å². The third-order valence-corrected chi connectivity index (χ3v) is 3.12. The first-order valence-corrected chi connectivity index (χ1v) is 6.39.